The van der Waals surface area contributed by atoms with Gasteiger partial charge in [0.25, 0.3) is 0 Å². The highest BCUT2D eigenvalue weighted by Crippen LogP contribution is 2.32. The van der Waals surface area contributed by atoms with Gasteiger partial charge >= 0.3 is 5.69 Å². The minimum absolute atomic E-state index is 0.182. The molecule has 6 rings (SSSR count). The molecule has 0 saturated carbocycles. The van der Waals surface area contributed by atoms with Crippen LogP contribution in [0.4, 0.5) is 0 Å². The van der Waals surface area contributed by atoms with E-state index in [9.17, 15) is 13.2 Å². The summed E-state index contributed by atoms with van der Waals surface area (Å²) in [6, 6.07) is 9.48. The molecule has 1 saturated heterocycles. The number of aryl methyl sites for hydroxylation is 1. The average Bonchev–Trinajstić information content (AvgIpc) is 3.60. The lowest BCUT2D eigenvalue weighted by Gasteiger charge is -2.15. The highest BCUT2D eigenvalue weighted by atomic mass is 32.2. The molecule has 0 radical (unpaired) electrons. The molecule has 0 N–H and O–H groups in total. The Labute approximate surface area is 200 Å². The van der Waals surface area contributed by atoms with E-state index in [1.165, 1.54) is 16.9 Å². The predicted octanol–water partition coefficient (Wildman–Crippen LogP) is 1.74. The number of nitrogens with zero attached hydrogens (tertiary/aromatic N) is 8. The van der Waals surface area contributed by atoms with Crippen LogP contribution in [-0.2, 0) is 17.1 Å². The van der Waals surface area contributed by atoms with Crippen molar-refractivity contribution < 1.29 is 8.42 Å². The maximum absolute atomic E-state index is 13.3. The Morgan fingerprint density at radius 1 is 1.06 bits per heavy atom. The van der Waals surface area contributed by atoms with Crippen LogP contribution < -0.4 is 5.69 Å². The first kappa shape index (κ1) is 21.6. The summed E-state index contributed by atoms with van der Waals surface area (Å²) < 4.78 is 30.5. The molecule has 0 amide bonds. The van der Waals surface area contributed by atoms with Gasteiger partial charge in [-0.05, 0) is 36.2 Å². The highest BCUT2D eigenvalue weighted by Gasteiger charge is 2.32. The van der Waals surface area contributed by atoms with Gasteiger partial charge in [0.05, 0.1) is 35.0 Å². The van der Waals surface area contributed by atoms with E-state index in [1.54, 1.807) is 39.6 Å². The van der Waals surface area contributed by atoms with Crippen LogP contribution in [0, 0.1) is 0 Å². The van der Waals surface area contributed by atoms with Crippen molar-refractivity contribution in [2.24, 2.45) is 7.05 Å². The molecule has 35 heavy (non-hydrogen) atoms. The number of hydrogen-bond donors (Lipinski definition) is 0. The fourth-order valence-electron chi connectivity index (χ4n) is 4.79. The molecule has 1 aliphatic heterocycles. The third kappa shape index (κ3) is 3.53. The molecule has 12 heteroatoms. The van der Waals surface area contributed by atoms with E-state index < -0.39 is 10.0 Å². The first-order valence-corrected chi connectivity index (χ1v) is 12.9. The van der Waals surface area contributed by atoms with Crippen LogP contribution in [0.1, 0.15) is 12.5 Å². The predicted molar refractivity (Wildman–Crippen MR) is 131 cm³/mol. The SMILES string of the molecule is Cn1c(=O)n([C@H]2CCN(S(C)(=O)=O)C2)c2c3cc(-c4ccc(-n5cncn5)nc4)ccc3ncc21. The Morgan fingerprint density at radius 2 is 1.89 bits per heavy atom. The van der Waals surface area contributed by atoms with Gasteiger partial charge in [0.2, 0.25) is 10.0 Å². The van der Waals surface area contributed by atoms with Gasteiger partial charge in [0.15, 0.2) is 5.82 Å². The standard InChI is InChI=1S/C23H22N8O3S/c1-28-20-11-25-19-5-3-15(16-4-6-21(26-10-16)30-14-24-13-27-30)9-18(19)22(20)31(23(28)32)17-7-8-29(12-17)35(2,33)34/h3-6,9-11,13-14,17H,7-8,12H2,1-2H3/t17-/m0/s1. The van der Waals surface area contributed by atoms with E-state index >= 15 is 0 Å². The fraction of sp³-hybridized carbons (Fsp3) is 0.261. The summed E-state index contributed by atoms with van der Waals surface area (Å²) in [5, 5.41) is 4.93. The second kappa shape index (κ2) is 7.82. The molecule has 5 aromatic rings. The van der Waals surface area contributed by atoms with Crippen molar-refractivity contribution in [3.05, 3.63) is 65.9 Å². The van der Waals surface area contributed by atoms with Gasteiger partial charge in [0, 0.05) is 37.3 Å². The monoisotopic (exact) mass is 490 g/mol. The molecule has 178 valence electrons. The lowest BCUT2D eigenvalue weighted by molar-refractivity contribution is 0.454. The topological polar surface area (TPSA) is 121 Å². The quantitative estimate of drug-likeness (QED) is 0.376. The van der Waals surface area contributed by atoms with Gasteiger partial charge in [-0.2, -0.15) is 5.10 Å². The van der Waals surface area contributed by atoms with Crippen molar-refractivity contribution in [3.8, 4) is 16.9 Å². The van der Waals surface area contributed by atoms with Crippen molar-refractivity contribution in [2.75, 3.05) is 19.3 Å². The van der Waals surface area contributed by atoms with Gasteiger partial charge in [-0.1, -0.05) is 6.07 Å². The molecule has 4 aromatic heterocycles. The van der Waals surface area contributed by atoms with E-state index in [4.69, 9.17) is 0 Å². The van der Waals surface area contributed by atoms with Crippen LogP contribution in [0.15, 0.2) is 60.2 Å². The average molecular weight is 491 g/mol. The van der Waals surface area contributed by atoms with Gasteiger partial charge in [0.1, 0.15) is 12.7 Å². The van der Waals surface area contributed by atoms with Crippen LogP contribution in [0.3, 0.4) is 0 Å². The Bertz CT molecular complexity index is 1740. The van der Waals surface area contributed by atoms with Crippen LogP contribution in [-0.4, -0.2) is 65.9 Å². The summed E-state index contributed by atoms with van der Waals surface area (Å²) >= 11 is 0. The molecule has 1 aliphatic rings. The first-order valence-electron chi connectivity index (χ1n) is 11.1. The fourth-order valence-corrected chi connectivity index (χ4v) is 5.67. The molecule has 0 bridgehead atoms. The minimum atomic E-state index is -3.33. The van der Waals surface area contributed by atoms with Crippen LogP contribution in [0.25, 0.3) is 38.9 Å². The van der Waals surface area contributed by atoms with Crippen LogP contribution in [0.5, 0.6) is 0 Å². The molecule has 0 spiro atoms. The molecule has 1 fully saturated rings. The third-order valence-electron chi connectivity index (χ3n) is 6.61. The first-order chi connectivity index (χ1) is 16.8. The zero-order valence-corrected chi connectivity index (χ0v) is 19.9. The largest absolute Gasteiger partial charge is 0.329 e. The van der Waals surface area contributed by atoms with Crippen molar-refractivity contribution in [1.82, 2.24) is 38.2 Å². The van der Waals surface area contributed by atoms with Crippen LogP contribution >= 0.6 is 0 Å². The molecule has 1 atom stereocenters. The summed E-state index contributed by atoms with van der Waals surface area (Å²) in [4.78, 5) is 26.3. The summed E-state index contributed by atoms with van der Waals surface area (Å²) in [6.45, 7) is 0.666. The lowest BCUT2D eigenvalue weighted by Crippen LogP contribution is -2.31. The zero-order valence-electron chi connectivity index (χ0n) is 19.1. The number of hydrogen-bond acceptors (Lipinski definition) is 7. The molecule has 1 aromatic carbocycles. The Balaban J connectivity index is 1.49. The maximum Gasteiger partial charge on any atom is 0.329 e. The molecule has 0 aliphatic carbocycles. The molecular formula is C23H22N8O3S. The summed E-state index contributed by atoms with van der Waals surface area (Å²) in [6.07, 6.45) is 8.29. The van der Waals surface area contributed by atoms with E-state index in [0.717, 1.165) is 27.5 Å². The van der Waals surface area contributed by atoms with E-state index in [2.05, 4.69) is 20.1 Å². The van der Waals surface area contributed by atoms with Gasteiger partial charge < -0.3 is 0 Å². The van der Waals surface area contributed by atoms with Crippen molar-refractivity contribution >= 4 is 32.0 Å². The number of imidazole rings is 1. The summed E-state index contributed by atoms with van der Waals surface area (Å²) in [7, 11) is -1.61. The summed E-state index contributed by atoms with van der Waals surface area (Å²) in [5.74, 6) is 0.657. The third-order valence-corrected chi connectivity index (χ3v) is 7.88. The number of pyridine rings is 2. The van der Waals surface area contributed by atoms with E-state index in [-0.39, 0.29) is 18.3 Å². The molecule has 0 unspecified atom stereocenters. The van der Waals surface area contributed by atoms with Crippen LogP contribution in [0.2, 0.25) is 0 Å². The minimum Gasteiger partial charge on any atom is -0.293 e. The smallest absolute Gasteiger partial charge is 0.293 e. The Kier molecular flexibility index (Phi) is 4.83. The number of benzene rings is 1. The van der Waals surface area contributed by atoms with Crippen molar-refractivity contribution in [3.63, 3.8) is 0 Å². The number of aromatic nitrogens is 7. The Hall–Kier alpha value is -3.90. The second-order valence-electron chi connectivity index (χ2n) is 8.74. The Morgan fingerprint density at radius 3 is 2.57 bits per heavy atom. The van der Waals surface area contributed by atoms with Gasteiger partial charge in [-0.15, -0.1) is 0 Å². The molecular weight excluding hydrogens is 468 g/mol. The van der Waals surface area contributed by atoms with Crippen molar-refractivity contribution in [2.45, 2.75) is 12.5 Å². The molecule has 5 heterocycles. The number of sulfonamides is 1. The molecule has 11 nitrogen and oxygen atoms in total. The lowest BCUT2D eigenvalue weighted by atomic mass is 10.0. The van der Waals surface area contributed by atoms with Crippen molar-refractivity contribution in [1.29, 1.82) is 0 Å². The highest BCUT2D eigenvalue weighted by molar-refractivity contribution is 7.88. The van der Waals surface area contributed by atoms with Gasteiger partial charge in [-0.25, -0.2) is 32.2 Å². The number of fused-ring (bicyclic) bond motifs is 3. The normalized spacial score (nSPS) is 17.0. The number of rotatable bonds is 4. The maximum atomic E-state index is 13.3. The zero-order chi connectivity index (χ0) is 24.3. The van der Waals surface area contributed by atoms with Gasteiger partial charge in [-0.3, -0.25) is 14.1 Å². The van der Waals surface area contributed by atoms with E-state index in [0.29, 0.717) is 24.3 Å². The summed E-state index contributed by atoms with van der Waals surface area (Å²) in [5.41, 5.74) is 3.87. The second-order valence-corrected chi connectivity index (χ2v) is 10.7. The van der Waals surface area contributed by atoms with E-state index in [1.807, 2.05) is 30.3 Å².